The molecule has 82 valence electrons. The average Bonchev–Trinajstić information content (AvgIpc) is 2.20. The van der Waals surface area contributed by atoms with E-state index in [9.17, 15) is 4.39 Å². The van der Waals surface area contributed by atoms with Crippen LogP contribution in [0.3, 0.4) is 0 Å². The fraction of sp³-hybridized carbons (Fsp3) is 0.500. The summed E-state index contributed by atoms with van der Waals surface area (Å²) in [6.45, 7) is 0.511. The molecule has 0 amide bonds. The van der Waals surface area contributed by atoms with E-state index in [-0.39, 0.29) is 11.2 Å². The van der Waals surface area contributed by atoms with Crippen LogP contribution in [-0.4, -0.2) is 13.7 Å². The standard InChI is InChI=1S/C12H16FNO/c1-15-9-3-4-11(13)10(7-9)12(8-14)5-2-6-12/h3-4,7H,2,5-6,8,14H2,1H3. The molecule has 0 bridgehead atoms. The predicted octanol–water partition coefficient (Wildman–Crippen LogP) is 2.21. The molecule has 1 fully saturated rings. The molecule has 0 saturated heterocycles. The quantitative estimate of drug-likeness (QED) is 0.828. The minimum atomic E-state index is -0.166. The van der Waals surface area contributed by atoms with E-state index in [2.05, 4.69) is 0 Å². The van der Waals surface area contributed by atoms with Crippen molar-refractivity contribution in [1.29, 1.82) is 0 Å². The van der Waals surface area contributed by atoms with E-state index in [4.69, 9.17) is 10.5 Å². The second-order valence-electron chi connectivity index (χ2n) is 4.18. The second-order valence-corrected chi connectivity index (χ2v) is 4.18. The SMILES string of the molecule is COc1ccc(F)c(C2(CN)CCC2)c1. The van der Waals surface area contributed by atoms with E-state index in [1.54, 1.807) is 19.2 Å². The van der Waals surface area contributed by atoms with Gasteiger partial charge in [0.05, 0.1) is 7.11 Å². The molecule has 1 aromatic carbocycles. The second kappa shape index (κ2) is 3.81. The number of benzene rings is 1. The van der Waals surface area contributed by atoms with E-state index >= 15 is 0 Å². The van der Waals surface area contributed by atoms with Gasteiger partial charge in [0.1, 0.15) is 11.6 Å². The molecule has 1 saturated carbocycles. The molecular weight excluding hydrogens is 193 g/mol. The summed E-state index contributed by atoms with van der Waals surface area (Å²) in [6.07, 6.45) is 3.09. The van der Waals surface area contributed by atoms with Crippen LogP contribution in [0.5, 0.6) is 5.75 Å². The fourth-order valence-corrected chi connectivity index (χ4v) is 2.22. The first-order valence-corrected chi connectivity index (χ1v) is 5.26. The van der Waals surface area contributed by atoms with Crippen LogP contribution >= 0.6 is 0 Å². The zero-order valence-electron chi connectivity index (χ0n) is 8.92. The Morgan fingerprint density at radius 2 is 2.20 bits per heavy atom. The molecule has 0 atom stereocenters. The van der Waals surface area contributed by atoms with E-state index in [0.717, 1.165) is 24.8 Å². The molecule has 2 rings (SSSR count). The van der Waals surface area contributed by atoms with E-state index < -0.39 is 0 Å². The lowest BCUT2D eigenvalue weighted by molar-refractivity contribution is 0.243. The highest BCUT2D eigenvalue weighted by Crippen LogP contribution is 2.44. The Morgan fingerprint density at radius 3 is 2.67 bits per heavy atom. The lowest BCUT2D eigenvalue weighted by Crippen LogP contribution is -2.42. The third kappa shape index (κ3) is 1.61. The summed E-state index contributed by atoms with van der Waals surface area (Å²) >= 11 is 0. The van der Waals surface area contributed by atoms with Gasteiger partial charge < -0.3 is 10.5 Å². The molecule has 0 aliphatic heterocycles. The van der Waals surface area contributed by atoms with Crippen LogP contribution < -0.4 is 10.5 Å². The van der Waals surface area contributed by atoms with Gasteiger partial charge in [0.25, 0.3) is 0 Å². The van der Waals surface area contributed by atoms with Crippen LogP contribution in [0.15, 0.2) is 18.2 Å². The van der Waals surface area contributed by atoms with Crippen molar-refractivity contribution in [2.75, 3.05) is 13.7 Å². The van der Waals surface area contributed by atoms with Crippen molar-refractivity contribution in [3.63, 3.8) is 0 Å². The third-order valence-corrected chi connectivity index (χ3v) is 3.45. The Labute approximate surface area is 89.2 Å². The fourth-order valence-electron chi connectivity index (χ4n) is 2.22. The van der Waals surface area contributed by atoms with Gasteiger partial charge in [-0.2, -0.15) is 0 Å². The average molecular weight is 209 g/mol. The summed E-state index contributed by atoms with van der Waals surface area (Å²) in [5, 5.41) is 0. The Hall–Kier alpha value is -1.09. The molecular formula is C12H16FNO. The topological polar surface area (TPSA) is 35.2 Å². The van der Waals surface area contributed by atoms with Crippen molar-refractivity contribution in [3.8, 4) is 5.75 Å². The minimum Gasteiger partial charge on any atom is -0.497 e. The van der Waals surface area contributed by atoms with Gasteiger partial charge in [-0.05, 0) is 36.6 Å². The van der Waals surface area contributed by atoms with Crippen molar-refractivity contribution in [2.45, 2.75) is 24.7 Å². The molecule has 3 heteroatoms. The molecule has 0 aromatic heterocycles. The number of ether oxygens (including phenoxy) is 1. The molecule has 1 aromatic rings. The number of halogens is 1. The van der Waals surface area contributed by atoms with Gasteiger partial charge in [-0.25, -0.2) is 4.39 Å². The summed E-state index contributed by atoms with van der Waals surface area (Å²) in [5.41, 5.74) is 6.33. The van der Waals surface area contributed by atoms with Gasteiger partial charge in [-0.15, -0.1) is 0 Å². The Kier molecular flexibility index (Phi) is 2.65. The number of nitrogens with two attached hydrogens (primary N) is 1. The number of methoxy groups -OCH3 is 1. The van der Waals surface area contributed by atoms with Crippen LogP contribution in [0, 0.1) is 5.82 Å². The maximum atomic E-state index is 13.7. The summed E-state index contributed by atoms with van der Waals surface area (Å²) in [6, 6.07) is 4.88. The molecule has 0 heterocycles. The summed E-state index contributed by atoms with van der Waals surface area (Å²) < 4.78 is 18.8. The van der Waals surface area contributed by atoms with Gasteiger partial charge in [-0.3, -0.25) is 0 Å². The summed E-state index contributed by atoms with van der Waals surface area (Å²) in [7, 11) is 1.59. The van der Waals surface area contributed by atoms with Crippen LogP contribution in [0.1, 0.15) is 24.8 Å². The largest absolute Gasteiger partial charge is 0.497 e. The van der Waals surface area contributed by atoms with Gasteiger partial charge in [-0.1, -0.05) is 6.42 Å². The molecule has 1 aliphatic rings. The number of hydrogen-bond acceptors (Lipinski definition) is 2. The van der Waals surface area contributed by atoms with Gasteiger partial charge in [0.2, 0.25) is 0 Å². The molecule has 2 nitrogen and oxygen atoms in total. The Bertz CT molecular complexity index is 355. The van der Waals surface area contributed by atoms with Crippen LogP contribution in [0.25, 0.3) is 0 Å². The van der Waals surface area contributed by atoms with Gasteiger partial charge in [0.15, 0.2) is 0 Å². The Balaban J connectivity index is 2.41. The first-order valence-electron chi connectivity index (χ1n) is 5.26. The minimum absolute atomic E-state index is 0.140. The van der Waals surface area contributed by atoms with Crippen molar-refractivity contribution >= 4 is 0 Å². The van der Waals surface area contributed by atoms with Gasteiger partial charge >= 0.3 is 0 Å². The van der Waals surface area contributed by atoms with Crippen LogP contribution in [0.4, 0.5) is 4.39 Å². The zero-order chi connectivity index (χ0) is 10.9. The first-order chi connectivity index (χ1) is 7.22. The Morgan fingerprint density at radius 1 is 1.47 bits per heavy atom. The van der Waals surface area contributed by atoms with E-state index in [1.165, 1.54) is 6.07 Å². The van der Waals surface area contributed by atoms with Crippen molar-refractivity contribution in [2.24, 2.45) is 5.73 Å². The molecule has 2 N–H and O–H groups in total. The van der Waals surface area contributed by atoms with Crippen LogP contribution in [-0.2, 0) is 5.41 Å². The molecule has 15 heavy (non-hydrogen) atoms. The normalized spacial score (nSPS) is 18.3. The predicted molar refractivity (Wildman–Crippen MR) is 57.5 cm³/mol. The highest BCUT2D eigenvalue weighted by atomic mass is 19.1. The number of hydrogen-bond donors (Lipinski definition) is 1. The monoisotopic (exact) mass is 209 g/mol. The summed E-state index contributed by atoms with van der Waals surface area (Å²) in [5.74, 6) is 0.534. The number of rotatable bonds is 3. The third-order valence-electron chi connectivity index (χ3n) is 3.45. The lowest BCUT2D eigenvalue weighted by Gasteiger charge is -2.41. The van der Waals surface area contributed by atoms with E-state index in [1.807, 2.05) is 0 Å². The molecule has 0 radical (unpaired) electrons. The van der Waals surface area contributed by atoms with Crippen molar-refractivity contribution < 1.29 is 9.13 Å². The smallest absolute Gasteiger partial charge is 0.127 e. The highest BCUT2D eigenvalue weighted by Gasteiger charge is 2.39. The summed E-state index contributed by atoms with van der Waals surface area (Å²) in [4.78, 5) is 0. The zero-order valence-corrected chi connectivity index (χ0v) is 8.92. The molecule has 0 unspecified atom stereocenters. The highest BCUT2D eigenvalue weighted by molar-refractivity contribution is 5.37. The maximum absolute atomic E-state index is 13.7. The van der Waals surface area contributed by atoms with E-state index in [0.29, 0.717) is 12.3 Å². The lowest BCUT2D eigenvalue weighted by atomic mass is 9.64. The molecule has 0 spiro atoms. The van der Waals surface area contributed by atoms with Crippen LogP contribution in [0.2, 0.25) is 0 Å². The maximum Gasteiger partial charge on any atom is 0.127 e. The van der Waals surface area contributed by atoms with Gasteiger partial charge in [0, 0.05) is 12.0 Å². The first kappa shape index (κ1) is 10.4. The van der Waals surface area contributed by atoms with Crippen molar-refractivity contribution in [3.05, 3.63) is 29.6 Å². The molecule has 1 aliphatic carbocycles. The van der Waals surface area contributed by atoms with Crippen molar-refractivity contribution in [1.82, 2.24) is 0 Å².